The Bertz CT molecular complexity index is 476. The maximum atomic E-state index is 12.1. The molecule has 96 valence electrons. The van der Waals surface area contributed by atoms with Crippen LogP contribution in [0.3, 0.4) is 0 Å². The molecule has 2 rings (SSSR count). The van der Waals surface area contributed by atoms with Crippen LogP contribution in [0.5, 0.6) is 0 Å². The number of carbonyl (C=O) groups is 2. The van der Waals surface area contributed by atoms with Crippen LogP contribution in [-0.4, -0.2) is 35.8 Å². The Morgan fingerprint density at radius 3 is 3.06 bits per heavy atom. The van der Waals surface area contributed by atoms with Crippen molar-refractivity contribution in [1.29, 1.82) is 0 Å². The van der Waals surface area contributed by atoms with E-state index in [9.17, 15) is 9.59 Å². The number of nitrogens with zero attached hydrogens (tertiary/aromatic N) is 1. The van der Waals surface area contributed by atoms with E-state index in [1.54, 1.807) is 24.0 Å². The molecule has 4 nitrogen and oxygen atoms in total. The summed E-state index contributed by atoms with van der Waals surface area (Å²) in [5.41, 5.74) is 0.866. The minimum Gasteiger partial charge on any atom is -0.353 e. The lowest BCUT2D eigenvalue weighted by Gasteiger charge is -2.32. The number of carbonyl (C=O) groups excluding carboxylic acids is 2. The molecular weight excluding hydrogens is 252 g/mol. The standard InChI is InChI=1S/C13H15ClN2O2/c1-9-13(18)15-5-6-16(9)12(17)8-10-3-2-4-11(14)7-10/h2-4,7,9H,5-6,8H2,1H3,(H,15,18). The van der Waals surface area contributed by atoms with Crippen molar-refractivity contribution in [2.75, 3.05) is 13.1 Å². The molecule has 5 heteroatoms. The quantitative estimate of drug-likeness (QED) is 0.875. The van der Waals surface area contributed by atoms with E-state index in [1.807, 2.05) is 12.1 Å². The molecule has 0 spiro atoms. The molecule has 1 saturated heterocycles. The van der Waals surface area contributed by atoms with Crippen molar-refractivity contribution >= 4 is 23.4 Å². The van der Waals surface area contributed by atoms with Crippen LogP contribution in [0.2, 0.25) is 5.02 Å². The van der Waals surface area contributed by atoms with E-state index in [1.165, 1.54) is 0 Å². The highest BCUT2D eigenvalue weighted by atomic mass is 35.5. The van der Waals surface area contributed by atoms with Crippen molar-refractivity contribution in [2.24, 2.45) is 0 Å². The van der Waals surface area contributed by atoms with Gasteiger partial charge in [-0.05, 0) is 24.6 Å². The monoisotopic (exact) mass is 266 g/mol. The molecule has 1 unspecified atom stereocenters. The van der Waals surface area contributed by atoms with Crippen LogP contribution < -0.4 is 5.32 Å². The van der Waals surface area contributed by atoms with Gasteiger partial charge in [-0.3, -0.25) is 9.59 Å². The van der Waals surface area contributed by atoms with Crippen LogP contribution in [0.25, 0.3) is 0 Å². The zero-order valence-corrected chi connectivity index (χ0v) is 10.9. The molecule has 18 heavy (non-hydrogen) atoms. The zero-order chi connectivity index (χ0) is 13.1. The summed E-state index contributed by atoms with van der Waals surface area (Å²) in [6, 6.07) is 6.82. The van der Waals surface area contributed by atoms with E-state index in [0.717, 1.165) is 5.56 Å². The van der Waals surface area contributed by atoms with Gasteiger partial charge in [0.2, 0.25) is 11.8 Å². The Kier molecular flexibility index (Phi) is 3.87. The normalized spacial score (nSPS) is 19.6. The van der Waals surface area contributed by atoms with Crippen LogP contribution >= 0.6 is 11.6 Å². The van der Waals surface area contributed by atoms with Gasteiger partial charge in [-0.25, -0.2) is 0 Å². The molecule has 0 radical (unpaired) electrons. The van der Waals surface area contributed by atoms with Crippen LogP contribution in [0.4, 0.5) is 0 Å². The van der Waals surface area contributed by atoms with Crippen molar-refractivity contribution < 1.29 is 9.59 Å². The predicted molar refractivity (Wildman–Crippen MR) is 69.3 cm³/mol. The topological polar surface area (TPSA) is 49.4 Å². The smallest absolute Gasteiger partial charge is 0.242 e. The summed E-state index contributed by atoms with van der Waals surface area (Å²) in [5.74, 6) is -0.139. The highest BCUT2D eigenvalue weighted by Crippen LogP contribution is 2.13. The highest BCUT2D eigenvalue weighted by molar-refractivity contribution is 6.30. The van der Waals surface area contributed by atoms with Crippen LogP contribution in [0, 0.1) is 0 Å². The van der Waals surface area contributed by atoms with Crippen LogP contribution in [0.15, 0.2) is 24.3 Å². The highest BCUT2D eigenvalue weighted by Gasteiger charge is 2.28. The van der Waals surface area contributed by atoms with Crippen LogP contribution in [-0.2, 0) is 16.0 Å². The van der Waals surface area contributed by atoms with Crippen molar-refractivity contribution in [3.05, 3.63) is 34.9 Å². The van der Waals surface area contributed by atoms with Gasteiger partial charge >= 0.3 is 0 Å². The first-order valence-electron chi connectivity index (χ1n) is 5.89. The van der Waals surface area contributed by atoms with E-state index >= 15 is 0 Å². The second-order valence-electron chi connectivity index (χ2n) is 4.36. The van der Waals surface area contributed by atoms with Gasteiger partial charge < -0.3 is 10.2 Å². The van der Waals surface area contributed by atoms with Gasteiger partial charge in [0.15, 0.2) is 0 Å². The van der Waals surface area contributed by atoms with E-state index in [0.29, 0.717) is 18.1 Å². The largest absolute Gasteiger partial charge is 0.353 e. The molecule has 1 heterocycles. The lowest BCUT2D eigenvalue weighted by Crippen LogP contribution is -2.56. The summed E-state index contributed by atoms with van der Waals surface area (Å²) in [7, 11) is 0. The summed E-state index contributed by atoms with van der Waals surface area (Å²) in [5, 5.41) is 3.35. The lowest BCUT2D eigenvalue weighted by atomic mass is 10.1. The van der Waals surface area contributed by atoms with Crippen molar-refractivity contribution in [1.82, 2.24) is 10.2 Å². The SMILES string of the molecule is CC1C(=O)NCCN1C(=O)Cc1cccc(Cl)c1. The van der Waals surface area contributed by atoms with E-state index < -0.39 is 6.04 Å². The molecule has 1 N–H and O–H groups in total. The van der Waals surface area contributed by atoms with Gasteiger partial charge in [0.1, 0.15) is 6.04 Å². The number of amides is 2. The molecule has 0 aliphatic carbocycles. The van der Waals surface area contributed by atoms with Gasteiger partial charge in [0.25, 0.3) is 0 Å². The minimum absolute atomic E-state index is 0.0420. The number of nitrogens with one attached hydrogen (secondary N) is 1. The Labute approximate surface area is 111 Å². The third kappa shape index (κ3) is 2.82. The maximum Gasteiger partial charge on any atom is 0.242 e. The Balaban J connectivity index is 2.05. The third-order valence-corrected chi connectivity index (χ3v) is 3.30. The molecule has 0 bridgehead atoms. The fourth-order valence-corrected chi connectivity index (χ4v) is 2.26. The van der Waals surface area contributed by atoms with E-state index in [4.69, 9.17) is 11.6 Å². The first-order chi connectivity index (χ1) is 8.58. The van der Waals surface area contributed by atoms with Gasteiger partial charge in [-0.2, -0.15) is 0 Å². The first-order valence-corrected chi connectivity index (χ1v) is 6.27. The van der Waals surface area contributed by atoms with Crippen molar-refractivity contribution in [3.63, 3.8) is 0 Å². The van der Waals surface area contributed by atoms with Gasteiger partial charge in [-0.15, -0.1) is 0 Å². The first kappa shape index (κ1) is 12.9. The van der Waals surface area contributed by atoms with E-state index in [2.05, 4.69) is 5.32 Å². The minimum atomic E-state index is -0.398. The molecule has 0 aromatic heterocycles. The maximum absolute atomic E-state index is 12.1. The molecule has 1 aliphatic rings. The number of benzene rings is 1. The van der Waals surface area contributed by atoms with Crippen molar-refractivity contribution in [3.8, 4) is 0 Å². The number of hydrogen-bond donors (Lipinski definition) is 1. The molecule has 1 atom stereocenters. The second-order valence-corrected chi connectivity index (χ2v) is 4.80. The molecule has 1 fully saturated rings. The Hall–Kier alpha value is -1.55. The van der Waals surface area contributed by atoms with Gasteiger partial charge in [-0.1, -0.05) is 23.7 Å². The number of rotatable bonds is 2. The lowest BCUT2D eigenvalue weighted by molar-refractivity contribution is -0.142. The molecule has 2 amide bonds. The molecule has 1 aliphatic heterocycles. The van der Waals surface area contributed by atoms with Gasteiger partial charge in [0.05, 0.1) is 6.42 Å². The van der Waals surface area contributed by atoms with Crippen molar-refractivity contribution in [2.45, 2.75) is 19.4 Å². The summed E-state index contributed by atoms with van der Waals surface area (Å²) in [4.78, 5) is 25.2. The average molecular weight is 267 g/mol. The average Bonchev–Trinajstić information content (AvgIpc) is 2.32. The number of hydrogen-bond acceptors (Lipinski definition) is 2. The number of halogens is 1. The second kappa shape index (κ2) is 5.40. The Morgan fingerprint density at radius 2 is 2.33 bits per heavy atom. The number of piperazine rings is 1. The molecule has 1 aromatic rings. The molecule has 1 aromatic carbocycles. The van der Waals surface area contributed by atoms with E-state index in [-0.39, 0.29) is 18.2 Å². The predicted octanol–water partition coefficient (Wildman–Crippen LogP) is 1.23. The molecule has 0 saturated carbocycles. The zero-order valence-electron chi connectivity index (χ0n) is 10.1. The summed E-state index contributed by atoms with van der Waals surface area (Å²) < 4.78 is 0. The molecular formula is C13H15ClN2O2. The van der Waals surface area contributed by atoms with Crippen LogP contribution in [0.1, 0.15) is 12.5 Å². The summed E-state index contributed by atoms with van der Waals surface area (Å²) in [6.07, 6.45) is 0.276. The Morgan fingerprint density at radius 1 is 1.56 bits per heavy atom. The third-order valence-electron chi connectivity index (χ3n) is 3.06. The fourth-order valence-electron chi connectivity index (χ4n) is 2.05. The fraction of sp³-hybridized carbons (Fsp3) is 0.385. The van der Waals surface area contributed by atoms with Gasteiger partial charge in [0, 0.05) is 18.1 Å². The summed E-state index contributed by atoms with van der Waals surface area (Å²) in [6.45, 7) is 2.82. The summed E-state index contributed by atoms with van der Waals surface area (Å²) >= 11 is 5.88.